The van der Waals surface area contributed by atoms with E-state index < -0.39 is 11.7 Å². The number of thioether (sulfide) groups is 1. The zero-order chi connectivity index (χ0) is 22.0. The van der Waals surface area contributed by atoms with Gasteiger partial charge in [0, 0.05) is 16.6 Å². The van der Waals surface area contributed by atoms with E-state index in [9.17, 15) is 13.2 Å². The first-order chi connectivity index (χ1) is 14.3. The van der Waals surface area contributed by atoms with Crippen LogP contribution in [0.4, 0.5) is 13.2 Å². The van der Waals surface area contributed by atoms with E-state index in [1.165, 1.54) is 12.1 Å². The summed E-state index contributed by atoms with van der Waals surface area (Å²) >= 11 is 1.71. The first kappa shape index (κ1) is 24.4. The van der Waals surface area contributed by atoms with Gasteiger partial charge in [-0.15, -0.1) is 11.8 Å². The highest BCUT2D eigenvalue weighted by Gasteiger charge is 2.30. The second kappa shape index (κ2) is 12.1. The standard InChI is InChI=1S/C22H27F3O4S/c1-3-4-17(14-28-19-7-5-18(6-8-19)22(23,24)25)15-30-20-9-10-21(16(2)13-20)27-11-12-29-26/h5-10,13,17,26H,3-4,11-12,14-15H2,1-2H3. The van der Waals surface area contributed by atoms with E-state index in [-0.39, 0.29) is 19.1 Å². The van der Waals surface area contributed by atoms with Crippen molar-refractivity contribution in [3.63, 3.8) is 0 Å². The molecule has 0 spiro atoms. The smallest absolute Gasteiger partial charge is 0.416 e. The third kappa shape index (κ3) is 8.08. The first-order valence-electron chi connectivity index (χ1n) is 9.76. The summed E-state index contributed by atoms with van der Waals surface area (Å²) < 4.78 is 49.2. The molecule has 2 rings (SSSR count). The maximum absolute atomic E-state index is 12.7. The van der Waals surface area contributed by atoms with E-state index in [0.29, 0.717) is 12.4 Å². The summed E-state index contributed by atoms with van der Waals surface area (Å²) in [6.45, 7) is 4.88. The van der Waals surface area contributed by atoms with Gasteiger partial charge in [-0.2, -0.15) is 13.2 Å². The summed E-state index contributed by atoms with van der Waals surface area (Å²) in [5.41, 5.74) is 0.313. The molecule has 2 aromatic rings. The molecular weight excluding hydrogens is 417 g/mol. The van der Waals surface area contributed by atoms with E-state index in [4.69, 9.17) is 14.7 Å². The van der Waals surface area contributed by atoms with Crippen LogP contribution in [0.5, 0.6) is 11.5 Å². The lowest BCUT2D eigenvalue weighted by Gasteiger charge is -2.18. The molecule has 2 aromatic carbocycles. The van der Waals surface area contributed by atoms with Gasteiger partial charge in [0.15, 0.2) is 0 Å². The predicted molar refractivity (Wildman–Crippen MR) is 111 cm³/mol. The molecule has 1 N–H and O–H groups in total. The minimum Gasteiger partial charge on any atom is -0.493 e. The Hall–Kier alpha value is -1.90. The molecule has 0 aliphatic carbocycles. The normalized spacial score (nSPS) is 12.6. The summed E-state index contributed by atoms with van der Waals surface area (Å²) in [7, 11) is 0. The highest BCUT2D eigenvalue weighted by Crippen LogP contribution is 2.31. The van der Waals surface area contributed by atoms with Crippen LogP contribution in [0, 0.1) is 12.8 Å². The molecule has 166 valence electrons. The number of halogens is 3. The lowest BCUT2D eigenvalue weighted by molar-refractivity contribution is -0.245. The lowest BCUT2D eigenvalue weighted by atomic mass is 10.1. The summed E-state index contributed by atoms with van der Waals surface area (Å²) in [6, 6.07) is 10.7. The summed E-state index contributed by atoms with van der Waals surface area (Å²) in [6.07, 6.45) is -2.37. The topological polar surface area (TPSA) is 47.9 Å². The Morgan fingerprint density at radius 3 is 2.37 bits per heavy atom. The molecule has 0 aliphatic rings. The van der Waals surface area contributed by atoms with Crippen LogP contribution in [0.25, 0.3) is 0 Å². The molecule has 0 aromatic heterocycles. The first-order valence-corrected chi connectivity index (χ1v) is 10.7. The molecule has 0 saturated heterocycles. The Bertz CT molecular complexity index is 766. The van der Waals surface area contributed by atoms with Crippen LogP contribution < -0.4 is 9.47 Å². The number of ether oxygens (including phenoxy) is 2. The molecule has 1 unspecified atom stereocenters. The van der Waals surface area contributed by atoms with E-state index in [1.807, 2.05) is 25.1 Å². The highest BCUT2D eigenvalue weighted by molar-refractivity contribution is 7.99. The largest absolute Gasteiger partial charge is 0.493 e. The fourth-order valence-corrected chi connectivity index (χ4v) is 3.97. The molecule has 4 nitrogen and oxygen atoms in total. The van der Waals surface area contributed by atoms with Crippen molar-refractivity contribution in [2.45, 2.75) is 37.8 Å². The molecule has 0 bridgehead atoms. The second-order valence-corrected chi connectivity index (χ2v) is 8.00. The van der Waals surface area contributed by atoms with Crippen molar-refractivity contribution < 1.29 is 32.8 Å². The third-order valence-corrected chi connectivity index (χ3v) is 5.65. The third-order valence-electron chi connectivity index (χ3n) is 4.43. The van der Waals surface area contributed by atoms with Gasteiger partial charge < -0.3 is 9.47 Å². The molecule has 0 fully saturated rings. The number of benzene rings is 2. The molecule has 0 heterocycles. The van der Waals surface area contributed by atoms with Gasteiger partial charge in [-0.1, -0.05) is 13.3 Å². The summed E-state index contributed by atoms with van der Waals surface area (Å²) in [5, 5.41) is 8.35. The van der Waals surface area contributed by atoms with Gasteiger partial charge in [0.05, 0.1) is 12.2 Å². The fourth-order valence-electron chi connectivity index (χ4n) is 2.85. The van der Waals surface area contributed by atoms with Gasteiger partial charge in [-0.25, -0.2) is 4.89 Å². The summed E-state index contributed by atoms with van der Waals surface area (Å²) in [5.74, 6) is 2.30. The van der Waals surface area contributed by atoms with Gasteiger partial charge in [0.1, 0.15) is 24.7 Å². The lowest BCUT2D eigenvalue weighted by Crippen LogP contribution is -2.15. The second-order valence-electron chi connectivity index (χ2n) is 6.91. The van der Waals surface area contributed by atoms with Crippen LogP contribution in [0.15, 0.2) is 47.4 Å². The minimum atomic E-state index is -4.34. The highest BCUT2D eigenvalue weighted by atomic mass is 32.2. The van der Waals surface area contributed by atoms with Crippen molar-refractivity contribution in [3.8, 4) is 11.5 Å². The monoisotopic (exact) mass is 444 g/mol. The van der Waals surface area contributed by atoms with E-state index in [0.717, 1.165) is 46.9 Å². The zero-order valence-corrected chi connectivity index (χ0v) is 17.9. The molecule has 8 heteroatoms. The predicted octanol–water partition coefficient (Wildman–Crippen LogP) is 6.47. The number of aryl methyl sites for hydroxylation is 1. The average molecular weight is 445 g/mol. The van der Waals surface area contributed by atoms with Crippen LogP contribution in [-0.4, -0.2) is 30.8 Å². The molecular formula is C22H27F3O4S. The number of hydrogen-bond donors (Lipinski definition) is 1. The van der Waals surface area contributed by atoms with Crippen molar-refractivity contribution in [2.24, 2.45) is 5.92 Å². The Balaban J connectivity index is 1.87. The number of rotatable bonds is 12. The van der Waals surface area contributed by atoms with Crippen molar-refractivity contribution in [2.75, 3.05) is 25.6 Å². The molecule has 30 heavy (non-hydrogen) atoms. The maximum Gasteiger partial charge on any atom is 0.416 e. The maximum atomic E-state index is 12.7. The average Bonchev–Trinajstić information content (AvgIpc) is 2.71. The Morgan fingerprint density at radius 1 is 1.03 bits per heavy atom. The van der Waals surface area contributed by atoms with Gasteiger partial charge in [-0.05, 0) is 61.4 Å². The van der Waals surface area contributed by atoms with Crippen LogP contribution in [-0.2, 0) is 11.1 Å². The Labute approximate surface area is 179 Å². The Morgan fingerprint density at radius 2 is 1.77 bits per heavy atom. The van der Waals surface area contributed by atoms with Gasteiger partial charge in [0.2, 0.25) is 0 Å². The van der Waals surface area contributed by atoms with Gasteiger partial charge in [0.25, 0.3) is 0 Å². The Kier molecular flexibility index (Phi) is 9.81. The van der Waals surface area contributed by atoms with Crippen LogP contribution in [0.1, 0.15) is 30.9 Å². The number of hydrogen-bond acceptors (Lipinski definition) is 5. The van der Waals surface area contributed by atoms with Crippen LogP contribution in [0.2, 0.25) is 0 Å². The summed E-state index contributed by atoms with van der Waals surface area (Å²) in [4.78, 5) is 5.11. The quantitative estimate of drug-likeness (QED) is 0.176. The number of alkyl halides is 3. The van der Waals surface area contributed by atoms with Crippen molar-refractivity contribution >= 4 is 11.8 Å². The fraction of sp³-hybridized carbons (Fsp3) is 0.455. The zero-order valence-electron chi connectivity index (χ0n) is 17.1. The SMILES string of the molecule is CCCC(COc1ccc(C(F)(F)F)cc1)CSc1ccc(OCCOO)c(C)c1. The minimum absolute atomic E-state index is 0.105. The van der Waals surface area contributed by atoms with E-state index in [2.05, 4.69) is 11.8 Å². The molecule has 0 radical (unpaired) electrons. The molecule has 0 saturated carbocycles. The van der Waals surface area contributed by atoms with Crippen molar-refractivity contribution in [1.29, 1.82) is 0 Å². The van der Waals surface area contributed by atoms with E-state index in [1.54, 1.807) is 11.8 Å². The van der Waals surface area contributed by atoms with Crippen LogP contribution in [0.3, 0.4) is 0 Å². The van der Waals surface area contributed by atoms with Crippen molar-refractivity contribution in [1.82, 2.24) is 0 Å². The molecule has 1 atom stereocenters. The van der Waals surface area contributed by atoms with Crippen molar-refractivity contribution in [3.05, 3.63) is 53.6 Å². The van der Waals surface area contributed by atoms with Gasteiger partial charge >= 0.3 is 6.18 Å². The molecule has 0 amide bonds. The van der Waals surface area contributed by atoms with Crippen LogP contribution >= 0.6 is 11.8 Å². The van der Waals surface area contributed by atoms with Gasteiger partial charge in [-0.3, -0.25) is 5.26 Å². The van der Waals surface area contributed by atoms with E-state index >= 15 is 0 Å². The molecule has 0 aliphatic heterocycles.